The van der Waals surface area contributed by atoms with E-state index in [-0.39, 0.29) is 5.91 Å². The summed E-state index contributed by atoms with van der Waals surface area (Å²) in [6.07, 6.45) is 6.61. The fraction of sp³-hybridized carbons (Fsp3) is 0.231. The number of nitrogens with one attached hydrogen (secondary N) is 1. The van der Waals surface area contributed by atoms with Gasteiger partial charge in [-0.2, -0.15) is 5.10 Å². The Bertz CT molecular complexity index is 1210. The summed E-state index contributed by atoms with van der Waals surface area (Å²) in [6, 6.07) is 19.8. The molecule has 7 nitrogen and oxygen atoms in total. The number of methoxy groups -OCH3 is 2. The van der Waals surface area contributed by atoms with Crippen molar-refractivity contribution in [2.75, 3.05) is 26.5 Å². The molecule has 0 saturated heterocycles. The predicted molar refractivity (Wildman–Crippen MR) is 135 cm³/mol. The van der Waals surface area contributed by atoms with Crippen LogP contribution in [-0.2, 0) is 17.0 Å². The van der Waals surface area contributed by atoms with E-state index in [0.717, 1.165) is 29.1 Å². The van der Waals surface area contributed by atoms with Gasteiger partial charge in [-0.25, -0.2) is 4.68 Å². The van der Waals surface area contributed by atoms with E-state index in [0.29, 0.717) is 29.5 Å². The summed E-state index contributed by atoms with van der Waals surface area (Å²) in [4.78, 5) is 12.4. The van der Waals surface area contributed by atoms with E-state index in [1.165, 1.54) is 0 Å². The molecule has 4 rings (SSSR count). The van der Waals surface area contributed by atoms with Crippen LogP contribution in [0.25, 0.3) is 11.5 Å². The minimum Gasteiger partial charge on any atom is -0.493 e. The number of carbonyl (C=O) groups excluding carboxylic acids is 1. The molecule has 176 valence electrons. The molecular weight excluding hydrogens is 448 g/mol. The average molecular weight is 477 g/mol. The van der Waals surface area contributed by atoms with Crippen molar-refractivity contribution in [3.8, 4) is 23.0 Å². The maximum absolute atomic E-state index is 12.4. The molecule has 2 aromatic heterocycles. The smallest absolute Gasteiger partial charge is 0.230 e. The molecule has 0 bridgehead atoms. The van der Waals surface area contributed by atoms with Gasteiger partial charge in [0, 0.05) is 30.3 Å². The third-order valence-electron chi connectivity index (χ3n) is 5.34. The van der Waals surface area contributed by atoms with Gasteiger partial charge >= 0.3 is 0 Å². The number of hydrogen-bond acceptors (Lipinski definition) is 5. The monoisotopic (exact) mass is 476 g/mol. The number of aromatic nitrogens is 3. The normalized spacial score (nSPS) is 10.8. The third kappa shape index (κ3) is 5.63. The largest absolute Gasteiger partial charge is 0.493 e. The van der Waals surface area contributed by atoms with Crippen molar-refractivity contribution in [3.63, 3.8) is 0 Å². The Morgan fingerprint density at radius 2 is 1.76 bits per heavy atom. The van der Waals surface area contributed by atoms with Crippen LogP contribution in [0.1, 0.15) is 11.1 Å². The molecule has 0 saturated carbocycles. The van der Waals surface area contributed by atoms with Gasteiger partial charge in [0.25, 0.3) is 0 Å². The third-order valence-corrected chi connectivity index (χ3v) is 6.32. The highest BCUT2D eigenvalue weighted by molar-refractivity contribution is 7.99. The van der Waals surface area contributed by atoms with Crippen LogP contribution in [0.2, 0.25) is 0 Å². The van der Waals surface area contributed by atoms with Gasteiger partial charge in [-0.1, -0.05) is 24.3 Å². The Morgan fingerprint density at radius 3 is 2.50 bits per heavy atom. The zero-order valence-corrected chi connectivity index (χ0v) is 20.1. The van der Waals surface area contributed by atoms with Gasteiger partial charge < -0.3 is 19.4 Å². The van der Waals surface area contributed by atoms with E-state index >= 15 is 0 Å². The van der Waals surface area contributed by atoms with Gasteiger partial charge in [0.2, 0.25) is 5.91 Å². The lowest BCUT2D eigenvalue weighted by Gasteiger charge is -2.11. The summed E-state index contributed by atoms with van der Waals surface area (Å²) in [5.41, 5.74) is 3.15. The minimum absolute atomic E-state index is 0.0171. The molecule has 0 fully saturated rings. The van der Waals surface area contributed by atoms with Crippen molar-refractivity contribution in [2.45, 2.75) is 12.2 Å². The summed E-state index contributed by atoms with van der Waals surface area (Å²) in [5.74, 6) is 3.45. The zero-order chi connectivity index (χ0) is 23.8. The van der Waals surface area contributed by atoms with Gasteiger partial charge in [-0.15, -0.1) is 11.8 Å². The molecule has 0 spiro atoms. The maximum Gasteiger partial charge on any atom is 0.230 e. The molecule has 0 unspecified atom stereocenters. The molecule has 0 aliphatic carbocycles. The van der Waals surface area contributed by atoms with Gasteiger partial charge in [-0.05, 0) is 48.4 Å². The first-order valence-corrected chi connectivity index (χ1v) is 12.2. The summed E-state index contributed by atoms with van der Waals surface area (Å²) in [7, 11) is 3.23. The highest BCUT2D eigenvalue weighted by Crippen LogP contribution is 2.27. The standard InChI is InChI=1S/C26H28N4O3S/c1-32-23-11-10-20(16-24(23)33-2)12-13-27-25(31)19-34-18-21-17-28-30(22-8-4-3-5-9-22)26(21)29-14-6-7-15-29/h3-11,14-17H,12-13,18-19H2,1-2H3,(H,27,31). The molecule has 2 heterocycles. The number of para-hydroxylation sites is 1. The number of rotatable bonds is 11. The molecule has 2 aromatic carbocycles. The van der Waals surface area contributed by atoms with Crippen molar-refractivity contribution >= 4 is 17.7 Å². The first-order chi connectivity index (χ1) is 16.7. The molecule has 1 amide bonds. The summed E-state index contributed by atoms with van der Waals surface area (Å²) in [5, 5.41) is 7.61. The van der Waals surface area contributed by atoms with Crippen LogP contribution in [0.15, 0.2) is 79.3 Å². The van der Waals surface area contributed by atoms with E-state index in [4.69, 9.17) is 9.47 Å². The number of amides is 1. The second-order valence-corrected chi connectivity index (χ2v) is 8.60. The summed E-state index contributed by atoms with van der Waals surface area (Å²) < 4.78 is 14.6. The lowest BCUT2D eigenvalue weighted by atomic mass is 10.1. The lowest BCUT2D eigenvalue weighted by Crippen LogP contribution is -2.27. The van der Waals surface area contributed by atoms with E-state index in [9.17, 15) is 4.79 Å². The van der Waals surface area contributed by atoms with E-state index in [1.807, 2.05) is 83.9 Å². The molecule has 8 heteroatoms. The van der Waals surface area contributed by atoms with Crippen molar-refractivity contribution < 1.29 is 14.3 Å². The van der Waals surface area contributed by atoms with Crippen LogP contribution in [0, 0.1) is 0 Å². The summed E-state index contributed by atoms with van der Waals surface area (Å²) >= 11 is 1.58. The topological polar surface area (TPSA) is 70.3 Å². The maximum atomic E-state index is 12.4. The number of ether oxygens (including phenoxy) is 2. The highest BCUT2D eigenvalue weighted by atomic mass is 32.2. The number of benzene rings is 2. The van der Waals surface area contributed by atoms with E-state index in [2.05, 4.69) is 15.0 Å². The van der Waals surface area contributed by atoms with Crippen LogP contribution in [0.3, 0.4) is 0 Å². The van der Waals surface area contributed by atoms with Gasteiger partial charge in [-0.3, -0.25) is 4.79 Å². The Kier molecular flexibility index (Phi) is 7.93. The molecule has 0 radical (unpaired) electrons. The molecular formula is C26H28N4O3S. The number of hydrogen-bond donors (Lipinski definition) is 1. The quantitative estimate of drug-likeness (QED) is 0.350. The number of thioether (sulfide) groups is 1. The first kappa shape index (κ1) is 23.5. The first-order valence-electron chi connectivity index (χ1n) is 11.0. The molecule has 4 aromatic rings. The summed E-state index contributed by atoms with van der Waals surface area (Å²) in [6.45, 7) is 0.565. The van der Waals surface area contributed by atoms with Crippen LogP contribution in [0.4, 0.5) is 0 Å². The fourth-order valence-electron chi connectivity index (χ4n) is 3.67. The van der Waals surface area contributed by atoms with Crippen molar-refractivity contribution in [1.82, 2.24) is 19.7 Å². The van der Waals surface area contributed by atoms with Gasteiger partial charge in [0.1, 0.15) is 5.82 Å². The lowest BCUT2D eigenvalue weighted by molar-refractivity contribution is -0.118. The van der Waals surface area contributed by atoms with Crippen LogP contribution < -0.4 is 14.8 Å². The van der Waals surface area contributed by atoms with Crippen molar-refractivity contribution in [3.05, 3.63) is 90.4 Å². The predicted octanol–water partition coefficient (Wildman–Crippen LogP) is 4.27. The zero-order valence-electron chi connectivity index (χ0n) is 19.3. The minimum atomic E-state index is 0.0171. The Morgan fingerprint density at radius 1 is 1.00 bits per heavy atom. The fourth-order valence-corrected chi connectivity index (χ4v) is 4.49. The number of nitrogens with zero attached hydrogens (tertiary/aromatic N) is 3. The molecule has 0 atom stereocenters. The van der Waals surface area contributed by atoms with Gasteiger partial charge in [0.15, 0.2) is 11.5 Å². The number of carbonyl (C=O) groups is 1. The molecule has 0 aliphatic rings. The van der Waals surface area contributed by atoms with Crippen LogP contribution >= 0.6 is 11.8 Å². The average Bonchev–Trinajstić information content (AvgIpc) is 3.54. The Labute approximate surface area is 203 Å². The van der Waals surface area contributed by atoms with Crippen LogP contribution in [0.5, 0.6) is 11.5 Å². The van der Waals surface area contributed by atoms with Crippen molar-refractivity contribution in [2.24, 2.45) is 0 Å². The van der Waals surface area contributed by atoms with Crippen molar-refractivity contribution in [1.29, 1.82) is 0 Å². The second-order valence-electron chi connectivity index (χ2n) is 7.61. The van der Waals surface area contributed by atoms with Gasteiger partial charge in [0.05, 0.1) is 31.9 Å². The molecule has 34 heavy (non-hydrogen) atoms. The van der Waals surface area contributed by atoms with E-state index < -0.39 is 0 Å². The SMILES string of the molecule is COc1ccc(CCNC(=O)CSCc2cnn(-c3ccccc3)c2-n2cccc2)cc1OC. The van der Waals surface area contributed by atoms with E-state index in [1.54, 1.807) is 26.0 Å². The molecule has 0 aliphatic heterocycles. The van der Waals surface area contributed by atoms with Crippen LogP contribution in [-0.4, -0.2) is 46.8 Å². The second kappa shape index (κ2) is 11.5. The Balaban J connectivity index is 1.31. The Hall–Kier alpha value is -3.65. The highest BCUT2D eigenvalue weighted by Gasteiger charge is 2.14. The molecule has 1 N–H and O–H groups in total.